The first-order valence-corrected chi connectivity index (χ1v) is 27.4. The van der Waals surface area contributed by atoms with Gasteiger partial charge in [-0.2, -0.15) is 0 Å². The molecule has 3 atom stereocenters. The van der Waals surface area contributed by atoms with Crippen LogP contribution in [0.4, 0.5) is 4.79 Å². The Kier molecular flexibility index (Phi) is 40.5. The molecule has 0 aliphatic rings. The summed E-state index contributed by atoms with van der Waals surface area (Å²) in [5, 5.41) is 5.00. The van der Waals surface area contributed by atoms with Crippen molar-refractivity contribution in [2.75, 3.05) is 33.0 Å². The van der Waals surface area contributed by atoms with Crippen molar-refractivity contribution in [1.29, 1.82) is 0 Å². The molecule has 15 heteroatoms. The van der Waals surface area contributed by atoms with Crippen LogP contribution in [-0.4, -0.2) is 80.4 Å². The van der Waals surface area contributed by atoms with Crippen LogP contribution in [0.15, 0.2) is 12.7 Å². The fourth-order valence-electron chi connectivity index (χ4n) is 7.24. The summed E-state index contributed by atoms with van der Waals surface area (Å²) in [6.45, 7) is 13.1. The zero-order valence-electron chi connectivity index (χ0n) is 42.5. The molecule has 0 heterocycles. The van der Waals surface area contributed by atoms with Gasteiger partial charge in [-0.25, -0.2) is 9.36 Å². The highest BCUT2D eigenvalue weighted by Crippen LogP contribution is 2.49. The Morgan fingerprint density at radius 3 is 1.50 bits per heavy atom. The van der Waals surface area contributed by atoms with Gasteiger partial charge >= 0.3 is 25.9 Å². The van der Waals surface area contributed by atoms with Crippen molar-refractivity contribution in [3.8, 4) is 0 Å². The SMILES string of the molecule is C=CCOP(=O)(OCCNC(=O)OC(C)(C)C)OC[C@@H](NC(C)=O)C(=O)CC[C@@H](COC(=O)CCCCCCCCCCCCCCC)OC(=O)CCCCCCCCCCCCCCC. The fraction of sp³-hybridized carbons (Fsp3) is 0.863. The predicted octanol–water partition coefficient (Wildman–Crippen LogP) is 13.1. The molecule has 0 saturated heterocycles. The maximum atomic E-state index is 13.6. The van der Waals surface area contributed by atoms with Crippen LogP contribution in [0.25, 0.3) is 0 Å². The van der Waals surface area contributed by atoms with Gasteiger partial charge in [0.15, 0.2) is 5.78 Å². The molecule has 14 nitrogen and oxygen atoms in total. The van der Waals surface area contributed by atoms with Crippen molar-refractivity contribution in [2.45, 2.75) is 252 Å². The third-order valence-electron chi connectivity index (χ3n) is 10.9. The summed E-state index contributed by atoms with van der Waals surface area (Å²) in [5.41, 5.74) is -0.717. The van der Waals surface area contributed by atoms with E-state index in [4.69, 9.17) is 27.8 Å². The van der Waals surface area contributed by atoms with E-state index in [1.54, 1.807) is 20.8 Å². The van der Waals surface area contributed by atoms with E-state index in [2.05, 4.69) is 31.1 Å². The lowest BCUT2D eigenvalue weighted by molar-refractivity contribution is -0.160. The van der Waals surface area contributed by atoms with Gasteiger partial charge in [0.2, 0.25) is 5.91 Å². The third-order valence-corrected chi connectivity index (χ3v) is 12.4. The van der Waals surface area contributed by atoms with Crippen molar-refractivity contribution in [2.24, 2.45) is 0 Å². The van der Waals surface area contributed by atoms with Crippen LogP contribution in [-0.2, 0) is 51.5 Å². The molecule has 0 radical (unpaired) electrons. The number of phosphoric ester groups is 1. The normalized spacial score (nSPS) is 13.3. The van der Waals surface area contributed by atoms with Gasteiger partial charge in [-0.1, -0.05) is 174 Å². The van der Waals surface area contributed by atoms with Crippen LogP contribution < -0.4 is 10.6 Å². The molecule has 0 saturated carbocycles. The molecule has 0 aromatic rings. The molecule has 0 aromatic heterocycles. The lowest BCUT2D eigenvalue weighted by Crippen LogP contribution is -2.43. The average molecular weight is 959 g/mol. The Morgan fingerprint density at radius 1 is 0.606 bits per heavy atom. The van der Waals surface area contributed by atoms with Gasteiger partial charge in [0.25, 0.3) is 0 Å². The molecule has 386 valence electrons. The summed E-state index contributed by atoms with van der Waals surface area (Å²) >= 11 is 0. The smallest absolute Gasteiger partial charge is 0.462 e. The molecule has 0 fully saturated rings. The van der Waals surface area contributed by atoms with Crippen LogP contribution >= 0.6 is 7.82 Å². The second kappa shape index (κ2) is 42.3. The minimum atomic E-state index is -4.30. The summed E-state index contributed by atoms with van der Waals surface area (Å²) < 4.78 is 46.1. The van der Waals surface area contributed by atoms with Crippen molar-refractivity contribution in [3.63, 3.8) is 0 Å². The number of carbonyl (C=O) groups is 5. The number of alkyl carbamates (subject to hydrolysis) is 1. The number of hydrogen-bond donors (Lipinski definition) is 2. The van der Waals surface area contributed by atoms with Gasteiger partial charge in [0.05, 0.1) is 19.8 Å². The van der Waals surface area contributed by atoms with E-state index in [1.165, 1.54) is 129 Å². The first-order valence-electron chi connectivity index (χ1n) is 25.9. The maximum Gasteiger partial charge on any atom is 0.475 e. The zero-order valence-corrected chi connectivity index (χ0v) is 43.4. The highest BCUT2D eigenvalue weighted by atomic mass is 31.2. The van der Waals surface area contributed by atoms with Crippen LogP contribution in [0, 0.1) is 0 Å². The molecule has 2 amide bonds. The standard InChI is InChI=1S/C51H95N2O12P/c1-8-11-13-15-17-19-21-23-25-27-29-31-33-35-48(56)60-42-45(64-49(57)36-34-32-30-28-26-24-22-20-18-16-14-12-9-2)37-38-47(55)46(53-44(4)54)43-63-66(59,61-40-10-3)62-41-39-52-50(58)65-51(5,6)7/h10,45-46H,3,8-9,11-43H2,1-2,4-7H3,(H,52,58)(H,53,54)/t45-,46+,66?/m0/s1. The summed E-state index contributed by atoms with van der Waals surface area (Å²) in [6.07, 6.45) is 31.0. The van der Waals surface area contributed by atoms with E-state index >= 15 is 0 Å². The molecular weight excluding hydrogens is 864 g/mol. The van der Waals surface area contributed by atoms with Crippen LogP contribution in [0.3, 0.4) is 0 Å². The van der Waals surface area contributed by atoms with Gasteiger partial charge in [0, 0.05) is 32.7 Å². The maximum absolute atomic E-state index is 13.6. The predicted molar refractivity (Wildman–Crippen MR) is 263 cm³/mol. The van der Waals surface area contributed by atoms with Crippen LogP contribution in [0.5, 0.6) is 0 Å². The quantitative estimate of drug-likeness (QED) is 0.0194. The lowest BCUT2D eigenvalue weighted by Gasteiger charge is -2.23. The van der Waals surface area contributed by atoms with Crippen LogP contribution in [0.2, 0.25) is 0 Å². The number of phosphoric acid groups is 1. The molecule has 0 spiro atoms. The van der Waals surface area contributed by atoms with Crippen molar-refractivity contribution in [3.05, 3.63) is 12.7 Å². The molecule has 0 aliphatic carbocycles. The second-order valence-electron chi connectivity index (χ2n) is 18.6. The Labute approximate surface area is 400 Å². The summed E-state index contributed by atoms with van der Waals surface area (Å²) in [6, 6.07) is -1.26. The molecule has 1 unspecified atom stereocenters. The molecular formula is C51H95N2O12P. The van der Waals surface area contributed by atoms with Gasteiger partial charge in [-0.05, 0) is 40.0 Å². The topological polar surface area (TPSA) is 182 Å². The van der Waals surface area contributed by atoms with Crippen molar-refractivity contribution >= 4 is 37.5 Å². The highest BCUT2D eigenvalue weighted by Gasteiger charge is 2.31. The molecule has 0 rings (SSSR count). The fourth-order valence-corrected chi connectivity index (χ4v) is 8.40. The number of rotatable bonds is 46. The number of nitrogens with one attached hydrogen (secondary N) is 2. The van der Waals surface area contributed by atoms with Crippen molar-refractivity contribution < 1.29 is 56.3 Å². The van der Waals surface area contributed by atoms with E-state index in [9.17, 15) is 28.5 Å². The lowest BCUT2D eigenvalue weighted by atomic mass is 10.0. The first-order chi connectivity index (χ1) is 31.6. The van der Waals surface area contributed by atoms with E-state index in [0.717, 1.165) is 38.5 Å². The molecule has 2 N–H and O–H groups in total. The molecule has 0 bridgehead atoms. The monoisotopic (exact) mass is 959 g/mol. The summed E-state index contributed by atoms with van der Waals surface area (Å²) in [7, 11) is -4.30. The minimum Gasteiger partial charge on any atom is -0.462 e. The Morgan fingerprint density at radius 2 is 1.06 bits per heavy atom. The summed E-state index contributed by atoms with van der Waals surface area (Å²) in [4.78, 5) is 63.5. The number of unbranched alkanes of at least 4 members (excludes halogenated alkanes) is 24. The Bertz CT molecular complexity index is 1320. The number of ether oxygens (including phenoxy) is 3. The van der Waals surface area contributed by atoms with Gasteiger partial charge in [0.1, 0.15) is 24.4 Å². The van der Waals surface area contributed by atoms with Crippen LogP contribution in [0.1, 0.15) is 234 Å². The second-order valence-corrected chi connectivity index (χ2v) is 20.3. The zero-order chi connectivity index (χ0) is 49.2. The highest BCUT2D eigenvalue weighted by molar-refractivity contribution is 7.48. The van der Waals surface area contributed by atoms with E-state index in [0.29, 0.717) is 12.8 Å². The van der Waals surface area contributed by atoms with Gasteiger partial charge in [-0.3, -0.25) is 32.7 Å². The molecule has 0 aromatic carbocycles. The molecule has 66 heavy (non-hydrogen) atoms. The number of Topliss-reactive ketones (excluding diaryl/α,β-unsaturated/α-hetero) is 1. The Balaban J connectivity index is 5.21. The van der Waals surface area contributed by atoms with Gasteiger partial charge in [-0.15, -0.1) is 6.58 Å². The number of carbonyl (C=O) groups excluding carboxylic acids is 5. The van der Waals surface area contributed by atoms with E-state index in [-0.39, 0.29) is 58.0 Å². The number of hydrogen-bond acceptors (Lipinski definition) is 12. The van der Waals surface area contributed by atoms with Crippen molar-refractivity contribution in [1.82, 2.24) is 10.6 Å². The van der Waals surface area contributed by atoms with E-state index < -0.39 is 55.9 Å². The average Bonchev–Trinajstić information content (AvgIpc) is 3.26. The number of ketones is 1. The van der Waals surface area contributed by atoms with Gasteiger partial charge < -0.3 is 24.8 Å². The Hall–Kier alpha value is -2.80. The minimum absolute atomic E-state index is 0.0166. The number of esters is 2. The molecule has 0 aliphatic heterocycles. The number of amides is 2. The third kappa shape index (κ3) is 41.4. The van der Waals surface area contributed by atoms with E-state index in [1.807, 2.05) is 0 Å². The largest absolute Gasteiger partial charge is 0.475 e. The summed E-state index contributed by atoms with van der Waals surface area (Å²) in [5.74, 6) is -1.85. The first kappa shape index (κ1) is 63.2.